The van der Waals surface area contributed by atoms with Crippen molar-refractivity contribution in [3.8, 4) is 0 Å². The van der Waals surface area contributed by atoms with Gasteiger partial charge in [-0.3, -0.25) is 15.9 Å². The van der Waals surface area contributed by atoms with Gasteiger partial charge in [-0.05, 0) is 6.42 Å². The van der Waals surface area contributed by atoms with E-state index in [1.165, 1.54) is 0 Å². The van der Waals surface area contributed by atoms with Crippen molar-refractivity contribution in [3.63, 3.8) is 0 Å². The van der Waals surface area contributed by atoms with Gasteiger partial charge in [-0.25, -0.2) is 0 Å². The summed E-state index contributed by atoms with van der Waals surface area (Å²) in [6, 6.07) is 0. The third-order valence-corrected chi connectivity index (χ3v) is 0.856. The predicted octanol–water partition coefficient (Wildman–Crippen LogP) is -4.64. The summed E-state index contributed by atoms with van der Waals surface area (Å²) in [5, 5.41) is 13.2. The third-order valence-electron chi connectivity index (χ3n) is 0.856. The number of hydrogen-bond acceptors (Lipinski definition) is 1. The van der Waals surface area contributed by atoms with Crippen LogP contribution in [0, 0.1) is 0 Å². The molecule has 0 rings (SSSR count). The Labute approximate surface area is 65.3 Å². The molecule has 0 aromatic heterocycles. The molecule has 5 heteroatoms. The smallest absolute Gasteiger partial charge is 0.303 e. The molecule has 0 saturated carbocycles. The monoisotopic (exact) mass is 166 g/mol. The molecule has 0 aromatic rings. The zero-order valence-corrected chi connectivity index (χ0v) is 6.27. The second-order valence-electron chi connectivity index (χ2n) is 1.82. The maximum absolute atomic E-state index is 9.89. The van der Waals surface area contributed by atoms with Gasteiger partial charge in [0.05, 0.1) is 0 Å². The zero-order chi connectivity index (χ0) is 7.28. The molecule has 0 saturated heterocycles. The van der Waals surface area contributed by atoms with Crippen LogP contribution >= 0.6 is 0 Å². The van der Waals surface area contributed by atoms with Crippen LogP contribution < -0.4 is 23.5 Å². The lowest BCUT2D eigenvalue weighted by atomic mass is 10.2. The fourth-order valence-electron chi connectivity index (χ4n) is 0.444. The van der Waals surface area contributed by atoms with E-state index in [0.717, 1.165) is 0 Å². The van der Waals surface area contributed by atoms with Crippen molar-refractivity contribution < 1.29 is 27.7 Å². The number of amidine groups is 1. The average molecular weight is 167 g/mol. The third kappa shape index (κ3) is 10.3. The summed E-state index contributed by atoms with van der Waals surface area (Å²) in [5.41, 5.74) is 5.08. The van der Waals surface area contributed by atoms with Gasteiger partial charge in [0, 0.05) is 12.8 Å². The first-order valence-electron chi connectivity index (χ1n) is 2.71. The quantitative estimate of drug-likeness (QED) is 0.290. The van der Waals surface area contributed by atoms with Crippen LogP contribution in [0.4, 0.5) is 0 Å². The molecular weight excluding hydrogens is 156 g/mol. The highest BCUT2D eigenvalue weighted by molar-refractivity contribution is 5.74. The molecule has 0 unspecified atom stereocenters. The first-order valence-corrected chi connectivity index (χ1v) is 2.71. The highest BCUT2D eigenvalue weighted by Gasteiger charge is 1.99. The molecule has 0 aromatic carbocycles. The van der Waals surface area contributed by atoms with Crippen molar-refractivity contribution in [1.82, 2.24) is 0 Å². The molecular formula is C5H11ClN2O2. The van der Waals surface area contributed by atoms with E-state index in [9.17, 15) is 4.79 Å². The summed E-state index contributed by atoms with van der Waals surface area (Å²) in [4.78, 5) is 9.89. The van der Waals surface area contributed by atoms with E-state index in [2.05, 4.69) is 0 Å². The second kappa shape index (κ2) is 6.35. The number of carbonyl (C=O) groups is 1. The standard InChI is InChI=1S/C5H10N2O2.ClH/c6-4(7)2-1-3-5(8)9;/h1-3H2,(H3,6,7)(H,8,9);1H. The average Bonchev–Trinajstić information content (AvgIpc) is 1.63. The number of rotatable bonds is 4. The summed E-state index contributed by atoms with van der Waals surface area (Å²) in [7, 11) is 0. The summed E-state index contributed by atoms with van der Waals surface area (Å²) < 4.78 is 0. The van der Waals surface area contributed by atoms with Gasteiger partial charge in [-0.15, -0.1) is 0 Å². The van der Waals surface area contributed by atoms with Crippen LogP contribution in [0.15, 0.2) is 0 Å². The fourth-order valence-corrected chi connectivity index (χ4v) is 0.444. The molecule has 0 fully saturated rings. The Kier molecular flexibility index (Phi) is 7.60. The Bertz CT molecular complexity index is 113. The van der Waals surface area contributed by atoms with Crippen LogP contribution in [0.3, 0.4) is 0 Å². The van der Waals surface area contributed by atoms with Gasteiger partial charge in [-0.1, -0.05) is 0 Å². The summed E-state index contributed by atoms with van der Waals surface area (Å²) in [5.74, 6) is -0.507. The van der Waals surface area contributed by atoms with Crippen LogP contribution in [-0.4, -0.2) is 16.9 Å². The maximum Gasteiger partial charge on any atom is 0.303 e. The Morgan fingerprint density at radius 1 is 1.50 bits per heavy atom. The molecule has 0 atom stereocenters. The van der Waals surface area contributed by atoms with Gasteiger partial charge in [0.2, 0.25) is 5.84 Å². The summed E-state index contributed by atoms with van der Waals surface area (Å²) >= 11 is 0. The molecule has 0 bridgehead atoms. The highest BCUT2D eigenvalue weighted by Crippen LogP contribution is 1.91. The highest BCUT2D eigenvalue weighted by atomic mass is 35.5. The Balaban J connectivity index is 0. The molecule has 0 amide bonds. The number of carboxylic acids is 1. The predicted molar refractivity (Wildman–Crippen MR) is 32.6 cm³/mol. The minimum Gasteiger partial charge on any atom is -1.00 e. The SMILES string of the molecule is NC(=[NH2+])CCCC(=O)O.[Cl-]. The van der Waals surface area contributed by atoms with Crippen molar-refractivity contribution in [1.29, 1.82) is 0 Å². The molecule has 4 nitrogen and oxygen atoms in total. The lowest BCUT2D eigenvalue weighted by Gasteiger charge is -1.88. The molecule has 10 heavy (non-hydrogen) atoms. The molecule has 0 spiro atoms. The molecule has 0 heterocycles. The van der Waals surface area contributed by atoms with Gasteiger partial charge in [0.1, 0.15) is 0 Å². The topological polar surface area (TPSA) is 88.9 Å². The van der Waals surface area contributed by atoms with Gasteiger partial charge in [0.25, 0.3) is 0 Å². The van der Waals surface area contributed by atoms with E-state index in [1.54, 1.807) is 0 Å². The molecule has 0 aliphatic carbocycles. The van der Waals surface area contributed by atoms with Crippen LogP contribution in [0.2, 0.25) is 0 Å². The summed E-state index contributed by atoms with van der Waals surface area (Å²) in [6.07, 6.45) is 1.15. The van der Waals surface area contributed by atoms with Gasteiger partial charge in [-0.2, -0.15) is 0 Å². The first-order chi connectivity index (χ1) is 4.13. The molecule has 5 N–H and O–H groups in total. The largest absolute Gasteiger partial charge is 1.00 e. The number of hydrogen-bond donors (Lipinski definition) is 3. The maximum atomic E-state index is 9.89. The number of carboxylic acid groups (broad SMARTS) is 1. The number of nitrogens with two attached hydrogens (primary N) is 2. The minimum atomic E-state index is -0.809. The van der Waals surface area contributed by atoms with Gasteiger partial charge < -0.3 is 17.5 Å². The molecule has 0 aliphatic heterocycles. The number of aliphatic carboxylic acids is 1. The summed E-state index contributed by atoms with van der Waals surface area (Å²) in [6.45, 7) is 0. The van der Waals surface area contributed by atoms with Crippen LogP contribution in [-0.2, 0) is 4.79 Å². The van der Waals surface area contributed by atoms with E-state index in [4.69, 9.17) is 16.2 Å². The van der Waals surface area contributed by atoms with Gasteiger partial charge >= 0.3 is 5.97 Å². The van der Waals surface area contributed by atoms with Crippen molar-refractivity contribution in [2.45, 2.75) is 19.3 Å². The van der Waals surface area contributed by atoms with Crippen molar-refractivity contribution in [3.05, 3.63) is 0 Å². The molecule has 60 valence electrons. The Morgan fingerprint density at radius 3 is 2.30 bits per heavy atom. The normalized spacial score (nSPS) is 8.00. The van der Waals surface area contributed by atoms with E-state index in [-0.39, 0.29) is 18.8 Å². The van der Waals surface area contributed by atoms with Crippen molar-refractivity contribution >= 4 is 11.8 Å². The fraction of sp³-hybridized carbons (Fsp3) is 0.600. The van der Waals surface area contributed by atoms with E-state index >= 15 is 0 Å². The zero-order valence-electron chi connectivity index (χ0n) is 5.51. The Hall–Kier alpha value is -0.770. The van der Waals surface area contributed by atoms with Crippen molar-refractivity contribution in [2.75, 3.05) is 0 Å². The van der Waals surface area contributed by atoms with Gasteiger partial charge in [0.15, 0.2) is 0 Å². The van der Waals surface area contributed by atoms with Crippen LogP contribution in [0.25, 0.3) is 0 Å². The number of halogens is 1. The first kappa shape index (κ1) is 12.0. The molecule has 0 aliphatic rings. The minimum absolute atomic E-state index is 0. The molecule has 0 radical (unpaired) electrons. The lowest BCUT2D eigenvalue weighted by molar-refractivity contribution is -0.137. The van der Waals surface area contributed by atoms with E-state index in [0.29, 0.717) is 18.7 Å². The lowest BCUT2D eigenvalue weighted by Crippen LogP contribution is -3.00. The Morgan fingerprint density at radius 2 is 2.00 bits per heavy atom. The van der Waals surface area contributed by atoms with E-state index < -0.39 is 5.97 Å². The second-order valence-corrected chi connectivity index (χ2v) is 1.82. The van der Waals surface area contributed by atoms with Crippen molar-refractivity contribution in [2.24, 2.45) is 5.73 Å². The van der Waals surface area contributed by atoms with Crippen LogP contribution in [0.1, 0.15) is 19.3 Å². The van der Waals surface area contributed by atoms with E-state index in [1.807, 2.05) is 0 Å². The van der Waals surface area contributed by atoms with Crippen LogP contribution in [0.5, 0.6) is 0 Å².